The van der Waals surface area contributed by atoms with Crippen LogP contribution in [0, 0.1) is 5.92 Å². The molecule has 7 nitrogen and oxygen atoms in total. The second kappa shape index (κ2) is 7.99. The number of nitrogens with zero attached hydrogens (tertiary/aromatic N) is 1. The van der Waals surface area contributed by atoms with Crippen LogP contribution in [0.3, 0.4) is 0 Å². The third-order valence-electron chi connectivity index (χ3n) is 4.90. The molecule has 3 N–H and O–H groups in total. The van der Waals surface area contributed by atoms with Crippen LogP contribution >= 0.6 is 11.8 Å². The minimum Gasteiger partial charge on any atom is -0.479 e. The molecule has 0 radical (unpaired) electrons. The first-order valence-electron chi connectivity index (χ1n) is 8.74. The number of hydrogen-bond donors (Lipinski definition) is 3. The van der Waals surface area contributed by atoms with Crippen LogP contribution in [0.1, 0.15) is 19.3 Å². The Morgan fingerprint density at radius 2 is 2.00 bits per heavy atom. The molecule has 2 atom stereocenters. The van der Waals surface area contributed by atoms with Gasteiger partial charge in [0, 0.05) is 24.5 Å². The summed E-state index contributed by atoms with van der Waals surface area (Å²) >= 11 is 1.53. The maximum Gasteiger partial charge on any atom is 0.330 e. The zero-order valence-electron chi connectivity index (χ0n) is 14.4. The Hall–Kier alpha value is -2.22. The van der Waals surface area contributed by atoms with Crippen molar-refractivity contribution in [3.05, 3.63) is 30.3 Å². The van der Waals surface area contributed by atoms with Gasteiger partial charge in [0.25, 0.3) is 0 Å². The number of para-hydroxylation sites is 1. The van der Waals surface area contributed by atoms with Gasteiger partial charge in [-0.1, -0.05) is 18.2 Å². The Morgan fingerprint density at radius 1 is 1.23 bits per heavy atom. The van der Waals surface area contributed by atoms with E-state index in [0.717, 1.165) is 12.2 Å². The molecule has 0 bridgehead atoms. The summed E-state index contributed by atoms with van der Waals surface area (Å²) in [4.78, 5) is 38.3. The number of carboxylic acids is 1. The first kappa shape index (κ1) is 18.6. The summed E-state index contributed by atoms with van der Waals surface area (Å²) in [7, 11) is 0. The highest BCUT2D eigenvalue weighted by atomic mass is 32.2. The van der Waals surface area contributed by atoms with Gasteiger partial charge in [-0.05, 0) is 37.1 Å². The van der Waals surface area contributed by atoms with E-state index in [1.54, 1.807) is 17.0 Å². The third-order valence-corrected chi connectivity index (χ3v) is 6.09. The summed E-state index contributed by atoms with van der Waals surface area (Å²) in [5, 5.41) is 15.1. The smallest absolute Gasteiger partial charge is 0.330 e. The fourth-order valence-corrected chi connectivity index (χ4v) is 4.65. The predicted molar refractivity (Wildman–Crippen MR) is 100 cm³/mol. The number of aliphatic carboxylic acids is 1. The van der Waals surface area contributed by atoms with E-state index in [1.807, 2.05) is 18.2 Å². The molecule has 140 valence electrons. The lowest BCUT2D eigenvalue weighted by atomic mass is 9.93. The van der Waals surface area contributed by atoms with E-state index >= 15 is 0 Å². The Morgan fingerprint density at radius 3 is 2.65 bits per heavy atom. The van der Waals surface area contributed by atoms with E-state index in [0.29, 0.717) is 37.4 Å². The summed E-state index contributed by atoms with van der Waals surface area (Å²) in [5.74, 6) is -0.522. The first-order chi connectivity index (χ1) is 12.5. The Bertz CT molecular complexity index is 676. The average molecular weight is 377 g/mol. The van der Waals surface area contributed by atoms with Gasteiger partial charge in [0.15, 0.2) is 0 Å². The number of benzene rings is 1. The summed E-state index contributed by atoms with van der Waals surface area (Å²) in [6.45, 7) is 0.885. The van der Waals surface area contributed by atoms with Gasteiger partial charge in [-0.2, -0.15) is 11.8 Å². The van der Waals surface area contributed by atoms with Crippen molar-refractivity contribution in [1.29, 1.82) is 0 Å². The van der Waals surface area contributed by atoms with Crippen molar-refractivity contribution in [2.75, 3.05) is 29.9 Å². The third kappa shape index (κ3) is 4.12. The topological polar surface area (TPSA) is 98.7 Å². The van der Waals surface area contributed by atoms with Crippen molar-refractivity contribution in [3.63, 3.8) is 0 Å². The molecular weight excluding hydrogens is 354 g/mol. The molecule has 26 heavy (non-hydrogen) atoms. The van der Waals surface area contributed by atoms with Crippen molar-refractivity contribution in [3.8, 4) is 0 Å². The molecule has 2 saturated heterocycles. The first-order valence-corrected chi connectivity index (χ1v) is 9.90. The lowest BCUT2D eigenvalue weighted by Crippen LogP contribution is -2.58. The Labute approximate surface area is 156 Å². The number of carbonyl (C=O) groups excluding carboxylic acids is 2. The predicted octanol–water partition coefficient (Wildman–Crippen LogP) is 2.01. The molecule has 8 heteroatoms. The van der Waals surface area contributed by atoms with Gasteiger partial charge < -0.3 is 20.6 Å². The maximum absolute atomic E-state index is 12.6. The van der Waals surface area contributed by atoms with Gasteiger partial charge in [-0.15, -0.1) is 0 Å². The highest BCUT2D eigenvalue weighted by Gasteiger charge is 2.44. The van der Waals surface area contributed by atoms with E-state index in [-0.39, 0.29) is 17.9 Å². The van der Waals surface area contributed by atoms with E-state index in [4.69, 9.17) is 0 Å². The van der Waals surface area contributed by atoms with Gasteiger partial charge in [0.1, 0.15) is 5.54 Å². The SMILES string of the molecule is O=C(NC1(C(=O)O)CCSC1)C1CCCN(C(=O)Nc2ccccc2)C1. The number of urea groups is 1. The zero-order valence-corrected chi connectivity index (χ0v) is 15.3. The van der Waals surface area contributed by atoms with Gasteiger partial charge in [-0.3, -0.25) is 4.79 Å². The minimum atomic E-state index is -1.17. The molecule has 3 rings (SSSR count). The number of hydrogen-bond acceptors (Lipinski definition) is 4. The fourth-order valence-electron chi connectivity index (χ4n) is 3.32. The maximum atomic E-state index is 12.6. The average Bonchev–Trinajstić information content (AvgIpc) is 3.12. The molecule has 0 spiro atoms. The van der Waals surface area contributed by atoms with Gasteiger partial charge in [0.2, 0.25) is 5.91 Å². The number of carbonyl (C=O) groups is 3. The molecule has 0 saturated carbocycles. The van der Waals surface area contributed by atoms with Crippen molar-refractivity contribution in [2.45, 2.75) is 24.8 Å². The fraction of sp³-hybridized carbons (Fsp3) is 0.500. The minimum absolute atomic E-state index is 0.238. The van der Waals surface area contributed by atoms with Crippen molar-refractivity contribution >= 4 is 35.4 Å². The van der Waals surface area contributed by atoms with Crippen LogP contribution in [-0.4, -0.2) is 58.0 Å². The number of likely N-dealkylation sites (tertiary alicyclic amines) is 1. The van der Waals surface area contributed by atoms with E-state index in [2.05, 4.69) is 10.6 Å². The molecule has 1 aromatic carbocycles. The molecule has 1 aromatic rings. The monoisotopic (exact) mass is 377 g/mol. The molecule has 0 aliphatic carbocycles. The number of nitrogens with one attached hydrogen (secondary N) is 2. The van der Waals surface area contributed by atoms with Crippen LogP contribution in [0.5, 0.6) is 0 Å². The van der Waals surface area contributed by atoms with Gasteiger partial charge in [0.05, 0.1) is 5.92 Å². The lowest BCUT2D eigenvalue weighted by molar-refractivity contribution is -0.147. The van der Waals surface area contributed by atoms with Crippen LogP contribution in [0.25, 0.3) is 0 Å². The molecule has 2 aliphatic heterocycles. The lowest BCUT2D eigenvalue weighted by Gasteiger charge is -2.34. The van der Waals surface area contributed by atoms with Crippen LogP contribution in [0.4, 0.5) is 10.5 Å². The van der Waals surface area contributed by atoms with Gasteiger partial charge >= 0.3 is 12.0 Å². The van der Waals surface area contributed by atoms with Crippen molar-refractivity contribution in [1.82, 2.24) is 10.2 Å². The Balaban J connectivity index is 1.60. The summed E-state index contributed by atoms with van der Waals surface area (Å²) in [5.41, 5.74) is -0.465. The van der Waals surface area contributed by atoms with Crippen LogP contribution in [0.15, 0.2) is 30.3 Å². The Kier molecular flexibility index (Phi) is 5.70. The van der Waals surface area contributed by atoms with E-state index in [1.165, 1.54) is 11.8 Å². The molecule has 2 unspecified atom stereocenters. The molecule has 0 aromatic heterocycles. The standard InChI is InChI=1S/C18H23N3O4S/c22-15(20-18(16(23)24)8-10-26-12-18)13-5-4-9-21(11-13)17(25)19-14-6-2-1-3-7-14/h1-3,6-7,13H,4-5,8-12H2,(H,19,25)(H,20,22)(H,23,24). The highest BCUT2D eigenvalue weighted by molar-refractivity contribution is 7.99. The number of thioether (sulfide) groups is 1. The van der Waals surface area contributed by atoms with Crippen molar-refractivity contribution < 1.29 is 19.5 Å². The van der Waals surface area contributed by atoms with Crippen LogP contribution in [0.2, 0.25) is 0 Å². The largest absolute Gasteiger partial charge is 0.479 e. The van der Waals surface area contributed by atoms with Crippen LogP contribution in [-0.2, 0) is 9.59 Å². The molecular formula is C18H23N3O4S. The van der Waals surface area contributed by atoms with E-state index in [9.17, 15) is 19.5 Å². The number of carboxylic acid groups (broad SMARTS) is 1. The normalized spacial score (nSPS) is 25.5. The zero-order chi connectivity index (χ0) is 18.6. The number of rotatable bonds is 4. The molecule has 3 amide bonds. The second-order valence-corrected chi connectivity index (χ2v) is 7.87. The summed E-state index contributed by atoms with van der Waals surface area (Å²) < 4.78 is 0. The molecule has 2 fully saturated rings. The number of anilines is 1. The molecule has 2 aliphatic rings. The van der Waals surface area contributed by atoms with Gasteiger partial charge in [-0.25, -0.2) is 9.59 Å². The van der Waals surface area contributed by atoms with Crippen molar-refractivity contribution in [2.24, 2.45) is 5.92 Å². The summed E-state index contributed by atoms with van der Waals surface area (Å²) in [6.07, 6.45) is 1.81. The molecule has 2 heterocycles. The highest BCUT2D eigenvalue weighted by Crippen LogP contribution is 2.29. The van der Waals surface area contributed by atoms with E-state index < -0.39 is 11.5 Å². The summed E-state index contributed by atoms with van der Waals surface area (Å²) in [6, 6.07) is 8.93. The second-order valence-electron chi connectivity index (χ2n) is 6.76. The number of amides is 3. The quantitative estimate of drug-likeness (QED) is 0.745. The van der Waals surface area contributed by atoms with Crippen LogP contribution < -0.4 is 10.6 Å². The number of piperidine rings is 1.